The van der Waals surface area contributed by atoms with Crippen LogP contribution in [0.4, 0.5) is 10.1 Å². The number of halogens is 1. The van der Waals surface area contributed by atoms with Gasteiger partial charge in [-0.1, -0.05) is 13.8 Å². The SMILES string of the molecule is CC1(C)CCCN(S(=O)(=O)c2cc(N)cc(F)c2)C1. The van der Waals surface area contributed by atoms with Crippen molar-refractivity contribution < 1.29 is 12.8 Å². The number of anilines is 1. The highest BCUT2D eigenvalue weighted by Gasteiger charge is 2.34. The zero-order valence-corrected chi connectivity index (χ0v) is 12.0. The van der Waals surface area contributed by atoms with Gasteiger partial charge in [0.05, 0.1) is 4.90 Å². The van der Waals surface area contributed by atoms with Crippen molar-refractivity contribution in [3.8, 4) is 0 Å². The Morgan fingerprint density at radius 3 is 2.58 bits per heavy atom. The second kappa shape index (κ2) is 4.76. The van der Waals surface area contributed by atoms with E-state index in [1.165, 1.54) is 10.4 Å². The molecule has 1 heterocycles. The van der Waals surface area contributed by atoms with E-state index in [-0.39, 0.29) is 16.0 Å². The molecule has 0 atom stereocenters. The van der Waals surface area contributed by atoms with E-state index in [0.717, 1.165) is 25.0 Å². The third-order valence-corrected chi connectivity index (χ3v) is 5.22. The van der Waals surface area contributed by atoms with Gasteiger partial charge in [0.15, 0.2) is 0 Å². The number of nitrogens with two attached hydrogens (primary N) is 1. The highest BCUT2D eigenvalue weighted by molar-refractivity contribution is 7.89. The normalized spacial score (nSPS) is 20.4. The van der Waals surface area contributed by atoms with E-state index in [1.54, 1.807) is 0 Å². The number of piperidine rings is 1. The maximum Gasteiger partial charge on any atom is 0.243 e. The Morgan fingerprint density at radius 1 is 1.32 bits per heavy atom. The lowest BCUT2D eigenvalue weighted by molar-refractivity contribution is 0.187. The number of hydrogen-bond acceptors (Lipinski definition) is 3. The molecule has 0 unspecified atom stereocenters. The van der Waals surface area contributed by atoms with Crippen LogP contribution in [0, 0.1) is 11.2 Å². The highest BCUT2D eigenvalue weighted by atomic mass is 32.2. The van der Waals surface area contributed by atoms with Crippen molar-refractivity contribution in [2.45, 2.75) is 31.6 Å². The van der Waals surface area contributed by atoms with Crippen LogP contribution in [0.1, 0.15) is 26.7 Å². The van der Waals surface area contributed by atoms with Crippen LogP contribution in [0.2, 0.25) is 0 Å². The third-order valence-electron chi connectivity index (χ3n) is 3.40. The minimum atomic E-state index is -3.66. The Hall–Kier alpha value is -1.14. The summed E-state index contributed by atoms with van der Waals surface area (Å²) in [5.41, 5.74) is 5.58. The van der Waals surface area contributed by atoms with E-state index in [9.17, 15) is 12.8 Å². The molecule has 0 bridgehead atoms. The van der Waals surface area contributed by atoms with E-state index in [0.29, 0.717) is 13.1 Å². The quantitative estimate of drug-likeness (QED) is 0.848. The number of nitrogen functional groups attached to an aromatic ring is 1. The van der Waals surface area contributed by atoms with Crippen LogP contribution in [0.5, 0.6) is 0 Å². The van der Waals surface area contributed by atoms with Crippen molar-refractivity contribution in [2.75, 3.05) is 18.8 Å². The maximum absolute atomic E-state index is 13.3. The van der Waals surface area contributed by atoms with Gasteiger partial charge in [0.2, 0.25) is 10.0 Å². The number of rotatable bonds is 2. The fourth-order valence-corrected chi connectivity index (χ4v) is 4.19. The minimum absolute atomic E-state index is 0.0514. The molecule has 0 aromatic heterocycles. The molecule has 2 rings (SSSR count). The van der Waals surface area contributed by atoms with E-state index < -0.39 is 15.8 Å². The topological polar surface area (TPSA) is 63.4 Å². The molecular formula is C13H19FN2O2S. The molecule has 1 aromatic carbocycles. The Kier molecular flexibility index (Phi) is 3.57. The number of sulfonamides is 1. The molecule has 1 saturated heterocycles. The fraction of sp³-hybridized carbons (Fsp3) is 0.538. The lowest BCUT2D eigenvalue weighted by Gasteiger charge is -2.37. The van der Waals surface area contributed by atoms with Crippen LogP contribution in [-0.4, -0.2) is 25.8 Å². The summed E-state index contributed by atoms with van der Waals surface area (Å²) in [4.78, 5) is -0.0669. The van der Waals surface area contributed by atoms with Crippen LogP contribution < -0.4 is 5.73 Å². The predicted molar refractivity (Wildman–Crippen MR) is 72.6 cm³/mol. The summed E-state index contributed by atoms with van der Waals surface area (Å²) in [5.74, 6) is -0.630. The Balaban J connectivity index is 2.36. The number of nitrogens with zero attached hydrogens (tertiary/aromatic N) is 1. The van der Waals surface area contributed by atoms with Gasteiger partial charge in [-0.15, -0.1) is 0 Å². The van der Waals surface area contributed by atoms with Gasteiger partial charge < -0.3 is 5.73 Å². The second-order valence-corrected chi connectivity index (χ2v) is 7.76. The van der Waals surface area contributed by atoms with Crippen molar-refractivity contribution in [3.05, 3.63) is 24.0 Å². The lowest BCUT2D eigenvalue weighted by atomic mass is 9.85. The Labute approximate surface area is 113 Å². The van der Waals surface area contributed by atoms with E-state index >= 15 is 0 Å². The summed E-state index contributed by atoms with van der Waals surface area (Å²) in [6.45, 7) is 5.00. The molecule has 0 amide bonds. The smallest absolute Gasteiger partial charge is 0.243 e. The van der Waals surface area contributed by atoms with E-state index in [4.69, 9.17) is 5.73 Å². The molecule has 1 aromatic rings. The first-order chi connectivity index (χ1) is 8.71. The monoisotopic (exact) mass is 286 g/mol. The van der Waals surface area contributed by atoms with Crippen LogP contribution in [0.3, 0.4) is 0 Å². The molecule has 2 N–H and O–H groups in total. The molecule has 0 saturated carbocycles. The van der Waals surface area contributed by atoms with Gasteiger partial charge in [-0.05, 0) is 36.5 Å². The van der Waals surface area contributed by atoms with Gasteiger partial charge in [-0.3, -0.25) is 0 Å². The van der Waals surface area contributed by atoms with Crippen molar-refractivity contribution in [2.24, 2.45) is 5.41 Å². The zero-order valence-electron chi connectivity index (χ0n) is 11.2. The van der Waals surface area contributed by atoms with Gasteiger partial charge in [0.25, 0.3) is 0 Å². The molecular weight excluding hydrogens is 267 g/mol. The third kappa shape index (κ3) is 3.06. The van der Waals surface area contributed by atoms with Crippen molar-refractivity contribution >= 4 is 15.7 Å². The molecule has 0 aliphatic carbocycles. The predicted octanol–water partition coefficient (Wildman–Crippen LogP) is 2.22. The fourth-order valence-electron chi connectivity index (χ4n) is 2.46. The molecule has 0 radical (unpaired) electrons. The van der Waals surface area contributed by atoms with Crippen LogP contribution in [-0.2, 0) is 10.0 Å². The summed E-state index contributed by atoms with van der Waals surface area (Å²) in [6.07, 6.45) is 1.81. The average Bonchev–Trinajstić information content (AvgIpc) is 2.26. The summed E-state index contributed by atoms with van der Waals surface area (Å²) in [5, 5.41) is 0. The summed E-state index contributed by atoms with van der Waals surface area (Å²) >= 11 is 0. The van der Waals surface area contributed by atoms with Crippen LogP contribution >= 0.6 is 0 Å². The summed E-state index contributed by atoms with van der Waals surface area (Å²) in [6, 6.07) is 3.44. The maximum atomic E-state index is 13.3. The minimum Gasteiger partial charge on any atom is -0.399 e. The van der Waals surface area contributed by atoms with Gasteiger partial charge in [-0.2, -0.15) is 4.31 Å². The molecule has 6 heteroatoms. The van der Waals surface area contributed by atoms with Crippen LogP contribution in [0.25, 0.3) is 0 Å². The van der Waals surface area contributed by atoms with Crippen LogP contribution in [0.15, 0.2) is 23.1 Å². The van der Waals surface area contributed by atoms with E-state index in [1.807, 2.05) is 13.8 Å². The second-order valence-electron chi connectivity index (χ2n) is 5.83. The van der Waals surface area contributed by atoms with Gasteiger partial charge in [0, 0.05) is 18.8 Å². The van der Waals surface area contributed by atoms with Gasteiger partial charge in [-0.25, -0.2) is 12.8 Å². The highest BCUT2D eigenvalue weighted by Crippen LogP contribution is 2.32. The standard InChI is InChI=1S/C13H19FN2O2S/c1-13(2)4-3-5-16(9-13)19(17,18)12-7-10(14)6-11(15)8-12/h6-8H,3-5,9,15H2,1-2H3. The van der Waals surface area contributed by atoms with Crippen molar-refractivity contribution in [1.29, 1.82) is 0 Å². The molecule has 106 valence electrons. The average molecular weight is 286 g/mol. The number of hydrogen-bond donors (Lipinski definition) is 1. The molecule has 1 aliphatic heterocycles. The first-order valence-corrected chi connectivity index (χ1v) is 7.71. The molecule has 19 heavy (non-hydrogen) atoms. The Bertz CT molecular complexity index is 564. The number of benzene rings is 1. The van der Waals surface area contributed by atoms with Gasteiger partial charge >= 0.3 is 0 Å². The largest absolute Gasteiger partial charge is 0.399 e. The molecule has 0 spiro atoms. The zero-order chi connectivity index (χ0) is 14.3. The molecule has 4 nitrogen and oxygen atoms in total. The molecule has 1 fully saturated rings. The van der Waals surface area contributed by atoms with Gasteiger partial charge in [0.1, 0.15) is 5.82 Å². The van der Waals surface area contributed by atoms with Crippen molar-refractivity contribution in [3.63, 3.8) is 0 Å². The first-order valence-electron chi connectivity index (χ1n) is 6.27. The first kappa shape index (κ1) is 14.3. The molecule has 1 aliphatic rings. The summed E-state index contributed by atoms with van der Waals surface area (Å²) < 4.78 is 39.7. The summed E-state index contributed by atoms with van der Waals surface area (Å²) in [7, 11) is -3.66. The lowest BCUT2D eigenvalue weighted by Crippen LogP contribution is -2.43. The Morgan fingerprint density at radius 2 is 2.00 bits per heavy atom. The van der Waals surface area contributed by atoms with E-state index in [2.05, 4.69) is 0 Å². The van der Waals surface area contributed by atoms with Crippen molar-refractivity contribution in [1.82, 2.24) is 4.31 Å².